The normalized spacial score (nSPS) is 12.2. The fraction of sp³-hybridized carbons (Fsp3) is 0.350. The van der Waals surface area contributed by atoms with Gasteiger partial charge in [0.1, 0.15) is 0 Å². The first kappa shape index (κ1) is 22.4. The number of nitrogens with zero attached hydrogens (tertiary/aromatic N) is 2. The van der Waals surface area contributed by atoms with Crippen molar-refractivity contribution in [2.24, 2.45) is 0 Å². The standard InChI is InChI=1S/C20H25N3O5S/c1-16(17-8-4-3-5-9-17)15-21-20(24)12-7-13-22(29(2,27)28)18-10-6-11-19(14-18)23(25)26/h3-6,8-11,14,16H,7,12-13,15H2,1-2H3,(H,21,24)/t16-/m1/s1. The Labute approximate surface area is 170 Å². The van der Waals surface area contributed by atoms with Crippen LogP contribution >= 0.6 is 0 Å². The molecule has 1 amide bonds. The van der Waals surface area contributed by atoms with Crippen LogP contribution in [0.3, 0.4) is 0 Å². The summed E-state index contributed by atoms with van der Waals surface area (Å²) < 4.78 is 25.3. The number of rotatable bonds is 10. The van der Waals surface area contributed by atoms with Crippen molar-refractivity contribution in [2.45, 2.75) is 25.7 Å². The van der Waals surface area contributed by atoms with Crippen LogP contribution in [0.25, 0.3) is 0 Å². The van der Waals surface area contributed by atoms with E-state index < -0.39 is 14.9 Å². The van der Waals surface area contributed by atoms with E-state index in [1.54, 1.807) is 0 Å². The van der Waals surface area contributed by atoms with Gasteiger partial charge in [0.15, 0.2) is 0 Å². The van der Waals surface area contributed by atoms with E-state index in [2.05, 4.69) is 5.32 Å². The van der Waals surface area contributed by atoms with Gasteiger partial charge in [-0.25, -0.2) is 8.42 Å². The van der Waals surface area contributed by atoms with Crippen molar-refractivity contribution in [3.05, 3.63) is 70.3 Å². The van der Waals surface area contributed by atoms with E-state index in [0.29, 0.717) is 13.0 Å². The van der Waals surface area contributed by atoms with Crippen molar-refractivity contribution in [1.82, 2.24) is 5.32 Å². The molecule has 0 radical (unpaired) electrons. The van der Waals surface area contributed by atoms with Crippen molar-refractivity contribution in [3.8, 4) is 0 Å². The molecule has 0 saturated carbocycles. The zero-order valence-electron chi connectivity index (χ0n) is 16.4. The summed E-state index contributed by atoms with van der Waals surface area (Å²) in [5.74, 6) is -0.00203. The Hall–Kier alpha value is -2.94. The van der Waals surface area contributed by atoms with E-state index in [1.165, 1.54) is 24.3 Å². The Kier molecular flexibility index (Phi) is 7.72. The molecule has 0 bridgehead atoms. The van der Waals surface area contributed by atoms with Gasteiger partial charge in [-0.1, -0.05) is 43.3 Å². The van der Waals surface area contributed by atoms with Gasteiger partial charge in [-0.2, -0.15) is 0 Å². The average Bonchev–Trinajstić information content (AvgIpc) is 2.69. The highest BCUT2D eigenvalue weighted by atomic mass is 32.2. The van der Waals surface area contributed by atoms with Gasteiger partial charge in [0, 0.05) is 31.6 Å². The summed E-state index contributed by atoms with van der Waals surface area (Å²) in [5.41, 5.74) is 1.14. The van der Waals surface area contributed by atoms with Gasteiger partial charge < -0.3 is 5.32 Å². The summed E-state index contributed by atoms with van der Waals surface area (Å²) in [6.07, 6.45) is 1.48. The topological polar surface area (TPSA) is 110 Å². The van der Waals surface area contributed by atoms with Crippen LogP contribution in [0.15, 0.2) is 54.6 Å². The minimum Gasteiger partial charge on any atom is -0.356 e. The molecule has 0 aliphatic heterocycles. The van der Waals surface area contributed by atoms with Gasteiger partial charge in [-0.05, 0) is 24.0 Å². The third kappa shape index (κ3) is 6.86. The molecule has 2 aromatic rings. The SMILES string of the molecule is C[C@H](CNC(=O)CCCN(c1cccc([N+](=O)[O-])c1)S(C)(=O)=O)c1ccccc1. The molecule has 0 spiro atoms. The van der Waals surface area contributed by atoms with Crippen molar-refractivity contribution < 1.29 is 18.1 Å². The highest BCUT2D eigenvalue weighted by Gasteiger charge is 2.20. The van der Waals surface area contributed by atoms with E-state index in [0.717, 1.165) is 16.1 Å². The van der Waals surface area contributed by atoms with Crippen LogP contribution in [0, 0.1) is 10.1 Å². The van der Waals surface area contributed by atoms with E-state index in [-0.39, 0.29) is 36.2 Å². The second kappa shape index (κ2) is 10.0. The third-order valence-electron chi connectivity index (χ3n) is 4.47. The molecule has 0 heterocycles. The van der Waals surface area contributed by atoms with Gasteiger partial charge in [0.05, 0.1) is 16.9 Å². The molecule has 0 aliphatic carbocycles. The lowest BCUT2D eigenvalue weighted by Gasteiger charge is -2.22. The molecule has 0 saturated heterocycles. The van der Waals surface area contributed by atoms with Crippen LogP contribution in [0.1, 0.15) is 31.2 Å². The highest BCUT2D eigenvalue weighted by molar-refractivity contribution is 7.92. The third-order valence-corrected chi connectivity index (χ3v) is 5.66. The van der Waals surface area contributed by atoms with Gasteiger partial charge in [-0.15, -0.1) is 0 Å². The van der Waals surface area contributed by atoms with Crippen molar-refractivity contribution in [1.29, 1.82) is 0 Å². The first-order valence-corrected chi connectivity index (χ1v) is 11.1. The minimum atomic E-state index is -3.64. The zero-order valence-corrected chi connectivity index (χ0v) is 17.3. The number of benzene rings is 2. The molecule has 29 heavy (non-hydrogen) atoms. The number of anilines is 1. The average molecular weight is 420 g/mol. The van der Waals surface area contributed by atoms with E-state index in [1.807, 2.05) is 37.3 Å². The number of non-ortho nitro benzene ring substituents is 1. The Morgan fingerprint density at radius 3 is 2.48 bits per heavy atom. The lowest BCUT2D eigenvalue weighted by Crippen LogP contribution is -2.32. The largest absolute Gasteiger partial charge is 0.356 e. The number of hydrogen-bond acceptors (Lipinski definition) is 5. The van der Waals surface area contributed by atoms with E-state index in [9.17, 15) is 23.3 Å². The number of nitrogens with one attached hydrogen (secondary N) is 1. The second-order valence-electron chi connectivity index (χ2n) is 6.83. The molecule has 0 aromatic heterocycles. The van der Waals surface area contributed by atoms with Crippen LogP contribution in [0.4, 0.5) is 11.4 Å². The monoisotopic (exact) mass is 419 g/mol. The Balaban J connectivity index is 1.91. The van der Waals surface area contributed by atoms with Crippen LogP contribution in [-0.2, 0) is 14.8 Å². The minimum absolute atomic E-state index is 0.0572. The van der Waals surface area contributed by atoms with E-state index >= 15 is 0 Å². The molecule has 156 valence electrons. The summed E-state index contributed by atoms with van der Waals surface area (Å²) in [6.45, 7) is 2.56. The van der Waals surface area contributed by atoms with Crippen molar-refractivity contribution >= 4 is 27.3 Å². The highest BCUT2D eigenvalue weighted by Crippen LogP contribution is 2.23. The molecule has 2 rings (SSSR count). The predicted octanol–water partition coefficient (Wildman–Crippen LogP) is 3.06. The Morgan fingerprint density at radius 2 is 1.86 bits per heavy atom. The molecule has 8 nitrogen and oxygen atoms in total. The molecular weight excluding hydrogens is 394 g/mol. The lowest BCUT2D eigenvalue weighted by molar-refractivity contribution is -0.384. The van der Waals surface area contributed by atoms with Crippen LogP contribution < -0.4 is 9.62 Å². The van der Waals surface area contributed by atoms with Crippen LogP contribution in [0.2, 0.25) is 0 Å². The number of carbonyl (C=O) groups excluding carboxylic acids is 1. The molecule has 0 unspecified atom stereocenters. The summed E-state index contributed by atoms with van der Waals surface area (Å²) >= 11 is 0. The number of carbonyl (C=O) groups is 1. The quantitative estimate of drug-likeness (QED) is 0.470. The Bertz CT molecular complexity index is 948. The molecule has 1 atom stereocenters. The number of nitro groups is 1. The van der Waals surface area contributed by atoms with Gasteiger partial charge in [0.25, 0.3) is 5.69 Å². The molecule has 2 aromatic carbocycles. The molecular formula is C20H25N3O5S. The fourth-order valence-corrected chi connectivity index (χ4v) is 3.84. The molecule has 0 aliphatic rings. The smallest absolute Gasteiger partial charge is 0.271 e. The number of sulfonamides is 1. The molecule has 0 fully saturated rings. The van der Waals surface area contributed by atoms with Gasteiger partial charge in [0.2, 0.25) is 15.9 Å². The number of amides is 1. The van der Waals surface area contributed by atoms with Crippen LogP contribution in [0.5, 0.6) is 0 Å². The number of nitro benzene ring substituents is 1. The fourth-order valence-electron chi connectivity index (χ4n) is 2.89. The zero-order chi connectivity index (χ0) is 21.4. The maximum Gasteiger partial charge on any atom is 0.271 e. The van der Waals surface area contributed by atoms with E-state index in [4.69, 9.17) is 0 Å². The maximum absolute atomic E-state index is 12.1. The van der Waals surface area contributed by atoms with Crippen molar-refractivity contribution in [2.75, 3.05) is 23.7 Å². The van der Waals surface area contributed by atoms with Gasteiger partial charge >= 0.3 is 0 Å². The Morgan fingerprint density at radius 1 is 1.17 bits per heavy atom. The summed E-state index contributed by atoms with van der Waals surface area (Å²) in [4.78, 5) is 22.5. The number of hydrogen-bond donors (Lipinski definition) is 1. The van der Waals surface area contributed by atoms with Gasteiger partial charge in [-0.3, -0.25) is 19.2 Å². The van der Waals surface area contributed by atoms with Crippen LogP contribution in [-0.4, -0.2) is 38.6 Å². The molecule has 1 N–H and O–H groups in total. The second-order valence-corrected chi connectivity index (χ2v) is 8.74. The molecule has 9 heteroatoms. The summed E-state index contributed by atoms with van der Waals surface area (Å²) in [6, 6.07) is 15.3. The maximum atomic E-state index is 12.1. The summed E-state index contributed by atoms with van der Waals surface area (Å²) in [7, 11) is -3.64. The lowest BCUT2D eigenvalue weighted by atomic mass is 10.0. The first-order valence-electron chi connectivity index (χ1n) is 9.22. The first-order chi connectivity index (χ1) is 13.7. The van der Waals surface area contributed by atoms with Crippen molar-refractivity contribution in [3.63, 3.8) is 0 Å². The summed E-state index contributed by atoms with van der Waals surface area (Å²) in [5, 5.41) is 13.8. The predicted molar refractivity (Wildman–Crippen MR) is 112 cm³/mol.